The highest BCUT2D eigenvalue weighted by atomic mass is 19.2. The number of rotatable bonds is 13. The van der Waals surface area contributed by atoms with Gasteiger partial charge in [0.1, 0.15) is 12.4 Å². The number of ether oxygens (including phenoxy) is 2. The minimum absolute atomic E-state index is 0.0753. The summed E-state index contributed by atoms with van der Waals surface area (Å²) in [6.07, 6.45) is 9.82. The van der Waals surface area contributed by atoms with Crippen LogP contribution in [0.3, 0.4) is 0 Å². The minimum atomic E-state index is -1.25. The van der Waals surface area contributed by atoms with E-state index in [0.29, 0.717) is 18.9 Å². The van der Waals surface area contributed by atoms with E-state index in [2.05, 4.69) is 4.90 Å². The Morgan fingerprint density at radius 1 is 0.872 bits per heavy atom. The summed E-state index contributed by atoms with van der Waals surface area (Å²) in [7, 11) is 0. The summed E-state index contributed by atoms with van der Waals surface area (Å²) in [4.78, 5) is 17.1. The fraction of sp³-hybridized carbons (Fsp3) is 0.581. The molecule has 39 heavy (non-hydrogen) atoms. The lowest BCUT2D eigenvalue weighted by Crippen LogP contribution is -2.43. The van der Waals surface area contributed by atoms with Crippen LogP contribution in [0.25, 0.3) is 0 Å². The first-order chi connectivity index (χ1) is 19.0. The molecule has 0 radical (unpaired) electrons. The van der Waals surface area contributed by atoms with E-state index in [1.807, 2.05) is 30.3 Å². The van der Waals surface area contributed by atoms with Crippen LogP contribution in [-0.4, -0.2) is 54.3 Å². The number of unbranched alkanes of at least 4 members (excludes halogenated alkanes) is 3. The zero-order valence-electron chi connectivity index (χ0n) is 22.8. The van der Waals surface area contributed by atoms with Crippen molar-refractivity contribution in [1.82, 2.24) is 9.80 Å². The van der Waals surface area contributed by atoms with Gasteiger partial charge in [0.05, 0.1) is 12.6 Å². The molecular weight excluding hydrogens is 505 g/mol. The summed E-state index contributed by atoms with van der Waals surface area (Å²) in [5.74, 6) is -3.27. The molecule has 0 atom stereocenters. The number of hydrogen-bond donors (Lipinski definition) is 0. The summed E-state index contributed by atoms with van der Waals surface area (Å²) >= 11 is 0. The van der Waals surface area contributed by atoms with Crippen molar-refractivity contribution in [2.24, 2.45) is 0 Å². The standard InChI is InChI=1S/C31H41F3N2O3/c32-28-21-30(34)29(33)20-25(28)22-36(31(37)39-23-24-10-4-3-5-11-24)26-12-14-27(15-13-26)38-19-9-2-1-6-16-35-17-7-8-18-35/h3-5,10-11,20-21,26-27H,1-2,6-9,12-19,22-23H2/t26-,27-. The maximum absolute atomic E-state index is 14.5. The largest absolute Gasteiger partial charge is 0.445 e. The third-order valence-electron chi connectivity index (χ3n) is 7.88. The first kappa shape index (κ1) is 29.4. The second-order valence-electron chi connectivity index (χ2n) is 10.8. The van der Waals surface area contributed by atoms with Crippen LogP contribution >= 0.6 is 0 Å². The van der Waals surface area contributed by atoms with Crippen LogP contribution in [0.1, 0.15) is 75.3 Å². The van der Waals surface area contributed by atoms with Gasteiger partial charge in [0, 0.05) is 24.3 Å². The van der Waals surface area contributed by atoms with Gasteiger partial charge in [0.25, 0.3) is 0 Å². The van der Waals surface area contributed by atoms with E-state index in [9.17, 15) is 18.0 Å². The molecule has 1 aliphatic carbocycles. The van der Waals surface area contributed by atoms with Crippen molar-refractivity contribution in [1.29, 1.82) is 0 Å². The van der Waals surface area contributed by atoms with Gasteiger partial charge in [0.15, 0.2) is 11.6 Å². The molecule has 2 aromatic rings. The molecule has 0 aromatic heterocycles. The van der Waals surface area contributed by atoms with Crippen LogP contribution in [0.15, 0.2) is 42.5 Å². The lowest BCUT2D eigenvalue weighted by Gasteiger charge is -2.36. The number of carbonyl (C=O) groups is 1. The Balaban J connectivity index is 1.24. The molecule has 5 nitrogen and oxygen atoms in total. The van der Waals surface area contributed by atoms with Gasteiger partial charge in [-0.15, -0.1) is 0 Å². The molecule has 2 fully saturated rings. The number of benzene rings is 2. The highest BCUT2D eigenvalue weighted by Crippen LogP contribution is 2.28. The molecule has 1 amide bonds. The smallest absolute Gasteiger partial charge is 0.410 e. The van der Waals surface area contributed by atoms with Gasteiger partial charge in [-0.25, -0.2) is 18.0 Å². The molecule has 1 saturated carbocycles. The van der Waals surface area contributed by atoms with E-state index in [-0.39, 0.29) is 30.9 Å². The molecule has 1 heterocycles. The van der Waals surface area contributed by atoms with E-state index in [0.717, 1.165) is 37.5 Å². The molecule has 0 spiro atoms. The number of likely N-dealkylation sites (tertiary alicyclic amines) is 1. The van der Waals surface area contributed by atoms with Gasteiger partial charge in [-0.05, 0) is 82.6 Å². The number of nitrogens with zero attached hydrogens (tertiary/aromatic N) is 2. The quantitative estimate of drug-likeness (QED) is 0.196. The summed E-state index contributed by atoms with van der Waals surface area (Å²) in [6, 6.07) is 10.4. The topological polar surface area (TPSA) is 42.0 Å². The maximum Gasteiger partial charge on any atom is 0.410 e. The normalized spacial score (nSPS) is 19.8. The first-order valence-electron chi connectivity index (χ1n) is 14.4. The van der Waals surface area contributed by atoms with Gasteiger partial charge in [0.2, 0.25) is 0 Å². The summed E-state index contributed by atoms with van der Waals surface area (Å²) < 4.78 is 53.5. The molecule has 4 rings (SSSR count). The van der Waals surface area contributed by atoms with Crippen molar-refractivity contribution < 1.29 is 27.4 Å². The summed E-state index contributed by atoms with van der Waals surface area (Å²) in [6.45, 7) is 4.34. The average molecular weight is 547 g/mol. The molecular formula is C31H41F3N2O3. The Kier molecular flexibility index (Phi) is 11.5. The van der Waals surface area contributed by atoms with Crippen LogP contribution in [0, 0.1) is 17.5 Å². The zero-order chi connectivity index (χ0) is 27.5. The lowest BCUT2D eigenvalue weighted by atomic mass is 9.91. The Bertz CT molecular complexity index is 1030. The fourth-order valence-electron chi connectivity index (χ4n) is 5.58. The van der Waals surface area contributed by atoms with Crippen molar-refractivity contribution >= 4 is 6.09 Å². The Hall–Kier alpha value is -2.58. The molecule has 8 heteroatoms. The average Bonchev–Trinajstić information content (AvgIpc) is 3.47. The Labute approximate surface area is 230 Å². The zero-order valence-corrected chi connectivity index (χ0v) is 22.8. The number of halogens is 3. The van der Waals surface area contributed by atoms with Crippen LogP contribution < -0.4 is 0 Å². The molecule has 2 aliphatic rings. The maximum atomic E-state index is 14.5. The van der Waals surface area contributed by atoms with Crippen molar-refractivity contribution in [3.63, 3.8) is 0 Å². The van der Waals surface area contributed by atoms with Crippen molar-refractivity contribution in [2.75, 3.05) is 26.2 Å². The van der Waals surface area contributed by atoms with Gasteiger partial charge < -0.3 is 19.3 Å². The van der Waals surface area contributed by atoms with E-state index in [4.69, 9.17) is 9.47 Å². The SMILES string of the molecule is O=C(OCc1ccccc1)N(Cc1cc(F)c(F)cc1F)[C@H]1CC[C@H](OCCCCCCN2CCCC2)CC1. The monoisotopic (exact) mass is 546 g/mol. The number of amides is 1. The van der Waals surface area contributed by atoms with E-state index in [1.165, 1.54) is 56.6 Å². The van der Waals surface area contributed by atoms with Crippen LogP contribution in [0.5, 0.6) is 0 Å². The van der Waals surface area contributed by atoms with Gasteiger partial charge in [-0.2, -0.15) is 0 Å². The molecule has 0 unspecified atom stereocenters. The molecule has 0 bridgehead atoms. The third-order valence-corrected chi connectivity index (χ3v) is 7.88. The van der Waals surface area contributed by atoms with Crippen molar-refractivity contribution in [2.45, 2.75) is 89.5 Å². The van der Waals surface area contributed by atoms with Gasteiger partial charge >= 0.3 is 6.09 Å². The van der Waals surface area contributed by atoms with Crippen molar-refractivity contribution in [3.05, 3.63) is 71.0 Å². The Morgan fingerprint density at radius 2 is 1.56 bits per heavy atom. The van der Waals surface area contributed by atoms with Crippen LogP contribution in [0.2, 0.25) is 0 Å². The molecule has 2 aromatic carbocycles. The predicted octanol–water partition coefficient (Wildman–Crippen LogP) is 7.23. The molecule has 0 N–H and O–H groups in total. The summed E-state index contributed by atoms with van der Waals surface area (Å²) in [5.41, 5.74) is 0.756. The molecule has 214 valence electrons. The highest BCUT2D eigenvalue weighted by Gasteiger charge is 2.31. The Morgan fingerprint density at radius 3 is 2.31 bits per heavy atom. The third kappa shape index (κ3) is 9.24. The first-order valence-corrected chi connectivity index (χ1v) is 14.4. The van der Waals surface area contributed by atoms with Crippen LogP contribution in [-0.2, 0) is 22.6 Å². The molecule has 1 aliphatic heterocycles. The minimum Gasteiger partial charge on any atom is -0.445 e. The van der Waals surface area contributed by atoms with E-state index < -0.39 is 23.5 Å². The summed E-state index contributed by atoms with van der Waals surface area (Å²) in [5, 5.41) is 0. The second kappa shape index (κ2) is 15.3. The van der Waals surface area contributed by atoms with Gasteiger partial charge in [-0.3, -0.25) is 0 Å². The highest BCUT2D eigenvalue weighted by molar-refractivity contribution is 5.68. The molecule has 1 saturated heterocycles. The number of carbonyl (C=O) groups excluding carboxylic acids is 1. The number of hydrogen-bond acceptors (Lipinski definition) is 4. The van der Waals surface area contributed by atoms with E-state index in [1.54, 1.807) is 0 Å². The lowest BCUT2D eigenvalue weighted by molar-refractivity contribution is 0.00179. The van der Waals surface area contributed by atoms with E-state index >= 15 is 0 Å². The second-order valence-corrected chi connectivity index (χ2v) is 10.8. The van der Waals surface area contributed by atoms with Gasteiger partial charge in [-0.1, -0.05) is 43.2 Å². The van der Waals surface area contributed by atoms with Crippen molar-refractivity contribution in [3.8, 4) is 0 Å². The van der Waals surface area contributed by atoms with Crippen LogP contribution in [0.4, 0.5) is 18.0 Å². The predicted molar refractivity (Wildman–Crippen MR) is 145 cm³/mol. The fourth-order valence-corrected chi connectivity index (χ4v) is 5.58.